The second-order valence-corrected chi connectivity index (χ2v) is 6.60. The maximum atomic E-state index is 13.2. The van der Waals surface area contributed by atoms with Gasteiger partial charge in [-0.1, -0.05) is 18.2 Å². The van der Waals surface area contributed by atoms with Crippen LogP contribution < -0.4 is 10.1 Å². The van der Waals surface area contributed by atoms with Crippen LogP contribution >= 0.6 is 0 Å². The van der Waals surface area contributed by atoms with Gasteiger partial charge in [0, 0.05) is 26.0 Å². The minimum Gasteiger partial charge on any atom is -0.497 e. The van der Waals surface area contributed by atoms with E-state index in [0.29, 0.717) is 24.4 Å². The number of nitrogens with one attached hydrogen (secondary N) is 1. The molecule has 138 valence electrons. The number of rotatable bonds is 4. The number of carbonyl (C=O) groups excluding carboxylic acids is 2. The van der Waals surface area contributed by atoms with E-state index in [9.17, 15) is 9.59 Å². The zero-order chi connectivity index (χ0) is 19.0. The highest BCUT2D eigenvalue weighted by Gasteiger charge is 2.42. The molecule has 2 aromatic rings. The lowest BCUT2D eigenvalue weighted by atomic mass is 9.95. The number of methoxy groups -OCH3 is 1. The lowest BCUT2D eigenvalue weighted by molar-refractivity contribution is -0.126. The summed E-state index contributed by atoms with van der Waals surface area (Å²) in [6, 6.07) is 10.5. The molecule has 1 unspecified atom stereocenters. The number of aromatic nitrogens is 1. The monoisotopic (exact) mass is 364 g/mol. The van der Waals surface area contributed by atoms with Gasteiger partial charge in [0.05, 0.1) is 31.0 Å². The fraction of sp³-hybridized carbons (Fsp3) is 0.250. The van der Waals surface area contributed by atoms with Crippen molar-refractivity contribution < 1.29 is 14.3 Å². The smallest absolute Gasteiger partial charge is 0.322 e. The number of carbonyl (C=O) groups is 2. The largest absolute Gasteiger partial charge is 0.497 e. The molecule has 1 N–H and O–H groups in total. The van der Waals surface area contributed by atoms with Gasteiger partial charge in [0.1, 0.15) is 5.75 Å². The molecule has 0 saturated heterocycles. The van der Waals surface area contributed by atoms with Crippen molar-refractivity contribution in [2.45, 2.75) is 12.6 Å². The molecule has 0 spiro atoms. The van der Waals surface area contributed by atoms with Crippen molar-refractivity contribution in [3.63, 3.8) is 0 Å². The first-order valence-electron chi connectivity index (χ1n) is 8.68. The molecule has 0 aliphatic carbocycles. The maximum absolute atomic E-state index is 13.2. The predicted octanol–water partition coefficient (Wildman–Crippen LogP) is 2.08. The van der Waals surface area contributed by atoms with Crippen LogP contribution in [-0.2, 0) is 11.3 Å². The number of amides is 3. The second kappa shape index (κ2) is 6.75. The lowest BCUT2D eigenvalue weighted by Crippen LogP contribution is -2.45. The highest BCUT2D eigenvalue weighted by atomic mass is 16.5. The summed E-state index contributed by atoms with van der Waals surface area (Å²) in [4.78, 5) is 33.0. The minimum atomic E-state index is -0.495. The Bertz CT molecular complexity index is 926. The third kappa shape index (κ3) is 3.01. The third-order valence-corrected chi connectivity index (χ3v) is 4.96. The molecule has 1 aromatic carbocycles. The van der Waals surface area contributed by atoms with E-state index < -0.39 is 6.04 Å². The molecule has 1 aromatic heterocycles. The van der Waals surface area contributed by atoms with Gasteiger partial charge in [-0.25, -0.2) is 4.79 Å². The molecule has 4 rings (SSSR count). The summed E-state index contributed by atoms with van der Waals surface area (Å²) >= 11 is 0. The summed E-state index contributed by atoms with van der Waals surface area (Å²) in [5.74, 6) is 0.606. The summed E-state index contributed by atoms with van der Waals surface area (Å²) in [5, 5.41) is 2.93. The van der Waals surface area contributed by atoms with E-state index in [2.05, 4.69) is 10.3 Å². The van der Waals surface area contributed by atoms with Crippen LogP contribution in [0.1, 0.15) is 17.2 Å². The van der Waals surface area contributed by atoms with Gasteiger partial charge in [-0.15, -0.1) is 0 Å². The molecular weight excluding hydrogens is 344 g/mol. The lowest BCUT2D eigenvalue weighted by Gasteiger charge is -2.31. The van der Waals surface area contributed by atoms with Gasteiger partial charge in [0.25, 0.3) is 5.91 Å². The zero-order valence-corrected chi connectivity index (χ0v) is 15.2. The van der Waals surface area contributed by atoms with Gasteiger partial charge >= 0.3 is 6.03 Å². The highest BCUT2D eigenvalue weighted by Crippen LogP contribution is 2.36. The summed E-state index contributed by atoms with van der Waals surface area (Å²) < 4.78 is 5.29. The van der Waals surface area contributed by atoms with Crippen LogP contribution in [0.3, 0.4) is 0 Å². The van der Waals surface area contributed by atoms with Crippen molar-refractivity contribution in [3.8, 4) is 5.75 Å². The van der Waals surface area contributed by atoms with E-state index in [1.165, 1.54) is 4.90 Å². The third-order valence-electron chi connectivity index (χ3n) is 4.96. The Morgan fingerprint density at radius 2 is 2.11 bits per heavy atom. The molecule has 2 aliphatic rings. The van der Waals surface area contributed by atoms with Gasteiger partial charge in [0.2, 0.25) is 0 Å². The quantitative estimate of drug-likeness (QED) is 0.901. The Morgan fingerprint density at radius 1 is 1.26 bits per heavy atom. The van der Waals surface area contributed by atoms with Crippen molar-refractivity contribution in [2.75, 3.05) is 20.7 Å². The minimum absolute atomic E-state index is 0.0754. The first-order chi connectivity index (χ1) is 13.1. The molecule has 1 atom stereocenters. The number of likely N-dealkylation sites (N-methyl/N-ethyl adjacent to an activating group) is 1. The van der Waals surface area contributed by atoms with E-state index in [1.807, 2.05) is 36.4 Å². The Balaban J connectivity index is 1.68. The second-order valence-electron chi connectivity index (χ2n) is 6.60. The van der Waals surface area contributed by atoms with E-state index in [-0.39, 0.29) is 11.9 Å². The summed E-state index contributed by atoms with van der Waals surface area (Å²) in [7, 11) is 3.28. The van der Waals surface area contributed by atoms with Crippen molar-refractivity contribution in [2.24, 2.45) is 0 Å². The van der Waals surface area contributed by atoms with Crippen LogP contribution in [0.15, 0.2) is 60.1 Å². The zero-order valence-electron chi connectivity index (χ0n) is 15.2. The average Bonchev–Trinajstić information content (AvgIpc) is 3.02. The van der Waals surface area contributed by atoms with Gasteiger partial charge < -0.3 is 15.0 Å². The van der Waals surface area contributed by atoms with Crippen LogP contribution in [-0.4, -0.2) is 47.4 Å². The Hall–Kier alpha value is -3.35. The first kappa shape index (κ1) is 17.1. The number of pyridine rings is 1. The van der Waals surface area contributed by atoms with E-state index >= 15 is 0 Å². The van der Waals surface area contributed by atoms with Gasteiger partial charge in [-0.3, -0.25) is 14.7 Å². The number of ether oxygens (including phenoxy) is 1. The van der Waals surface area contributed by atoms with Crippen molar-refractivity contribution >= 4 is 11.9 Å². The molecule has 0 fully saturated rings. The first-order valence-corrected chi connectivity index (χ1v) is 8.68. The van der Waals surface area contributed by atoms with Crippen LogP contribution in [0.4, 0.5) is 4.79 Å². The van der Waals surface area contributed by atoms with E-state index in [1.54, 1.807) is 31.5 Å². The molecule has 7 nitrogen and oxygen atoms in total. The molecule has 2 aliphatic heterocycles. The molecule has 0 saturated carbocycles. The molecular formula is C20H20N4O3. The molecule has 0 bridgehead atoms. The Labute approximate surface area is 157 Å². The standard InChI is InChI=1S/C20H20N4O3/c1-23-16-12-24(11-13-5-4-8-21-10-13)19(25)17(16)18(22-20(23)26)14-6-3-7-15(9-14)27-2/h3-10,18H,11-12H2,1-2H3,(H,22,26). The average molecular weight is 364 g/mol. The molecule has 3 amide bonds. The Kier molecular flexibility index (Phi) is 4.27. The van der Waals surface area contributed by atoms with Crippen LogP contribution in [0.2, 0.25) is 0 Å². The predicted molar refractivity (Wildman–Crippen MR) is 98.7 cm³/mol. The molecule has 7 heteroatoms. The fourth-order valence-corrected chi connectivity index (χ4v) is 3.53. The van der Waals surface area contributed by atoms with Crippen molar-refractivity contribution in [1.29, 1.82) is 0 Å². The number of urea groups is 1. The van der Waals surface area contributed by atoms with E-state index in [4.69, 9.17) is 4.74 Å². The number of benzene rings is 1. The van der Waals surface area contributed by atoms with Gasteiger partial charge in [-0.2, -0.15) is 0 Å². The summed E-state index contributed by atoms with van der Waals surface area (Å²) in [6.07, 6.45) is 3.45. The normalized spacial score (nSPS) is 19.3. The van der Waals surface area contributed by atoms with Gasteiger partial charge in [0.15, 0.2) is 0 Å². The van der Waals surface area contributed by atoms with Crippen molar-refractivity contribution in [3.05, 3.63) is 71.2 Å². The summed E-state index contributed by atoms with van der Waals surface area (Å²) in [5.41, 5.74) is 3.11. The number of nitrogens with zero attached hydrogens (tertiary/aromatic N) is 3. The van der Waals surface area contributed by atoms with Crippen LogP contribution in [0.25, 0.3) is 0 Å². The van der Waals surface area contributed by atoms with Crippen LogP contribution in [0, 0.1) is 0 Å². The molecule has 3 heterocycles. The van der Waals surface area contributed by atoms with Gasteiger partial charge in [-0.05, 0) is 29.3 Å². The number of hydrogen-bond acceptors (Lipinski definition) is 4. The SMILES string of the molecule is COc1cccc(C2NC(=O)N(C)C3=C2C(=O)N(Cc2cccnc2)C3)c1. The molecule has 27 heavy (non-hydrogen) atoms. The number of hydrogen-bond donors (Lipinski definition) is 1. The Morgan fingerprint density at radius 3 is 2.85 bits per heavy atom. The highest BCUT2D eigenvalue weighted by molar-refractivity contribution is 6.01. The van der Waals surface area contributed by atoms with E-state index in [0.717, 1.165) is 16.8 Å². The topological polar surface area (TPSA) is 74.8 Å². The van der Waals surface area contributed by atoms with Crippen LogP contribution in [0.5, 0.6) is 5.75 Å². The summed E-state index contributed by atoms with van der Waals surface area (Å²) in [6.45, 7) is 0.847. The van der Waals surface area contributed by atoms with Crippen molar-refractivity contribution in [1.82, 2.24) is 20.1 Å². The fourth-order valence-electron chi connectivity index (χ4n) is 3.53. The molecule has 0 radical (unpaired) electrons. The maximum Gasteiger partial charge on any atom is 0.322 e.